The van der Waals surface area contributed by atoms with Crippen LogP contribution in [0.3, 0.4) is 0 Å². The van der Waals surface area contributed by atoms with Crippen molar-refractivity contribution in [3.8, 4) is 11.5 Å². The van der Waals surface area contributed by atoms with E-state index in [9.17, 15) is 0 Å². The van der Waals surface area contributed by atoms with E-state index in [2.05, 4.69) is 24.3 Å². The molecule has 2 heterocycles. The van der Waals surface area contributed by atoms with Gasteiger partial charge >= 0.3 is 0 Å². The Morgan fingerprint density at radius 2 is 1.28 bits per heavy atom. The number of ether oxygens (including phenoxy) is 2. The van der Waals surface area contributed by atoms with Gasteiger partial charge in [0.1, 0.15) is 11.5 Å². The van der Waals surface area contributed by atoms with Gasteiger partial charge in [-0.05, 0) is 48.6 Å². The van der Waals surface area contributed by atoms with Crippen molar-refractivity contribution in [3.05, 3.63) is 35.4 Å². The number of fused-ring (bicyclic) bond motifs is 5. The molecule has 4 rings (SSSR count). The third kappa shape index (κ3) is 1.41. The van der Waals surface area contributed by atoms with Gasteiger partial charge in [-0.25, -0.2) is 0 Å². The molecule has 2 heteroatoms. The smallest absolute Gasteiger partial charge is 0.123 e. The summed E-state index contributed by atoms with van der Waals surface area (Å²) in [7, 11) is 0. The lowest BCUT2D eigenvalue weighted by Gasteiger charge is -2.24. The van der Waals surface area contributed by atoms with Gasteiger partial charge in [0.2, 0.25) is 0 Å². The van der Waals surface area contributed by atoms with Gasteiger partial charge in [0.15, 0.2) is 0 Å². The van der Waals surface area contributed by atoms with Gasteiger partial charge in [-0.15, -0.1) is 0 Å². The summed E-state index contributed by atoms with van der Waals surface area (Å²) in [4.78, 5) is 0. The highest BCUT2D eigenvalue weighted by Gasteiger charge is 2.20. The molecule has 0 bridgehead atoms. The van der Waals surface area contributed by atoms with Crippen molar-refractivity contribution in [2.75, 3.05) is 13.2 Å². The number of rotatable bonds is 0. The van der Waals surface area contributed by atoms with Gasteiger partial charge in [-0.2, -0.15) is 0 Å². The van der Waals surface area contributed by atoms with Crippen LogP contribution in [0.1, 0.15) is 24.0 Å². The summed E-state index contributed by atoms with van der Waals surface area (Å²) in [5.41, 5.74) is 2.78. The third-order valence-corrected chi connectivity index (χ3v) is 3.97. The van der Waals surface area contributed by atoms with Crippen molar-refractivity contribution < 1.29 is 9.47 Å². The van der Waals surface area contributed by atoms with Crippen LogP contribution in [0.15, 0.2) is 24.3 Å². The molecular formula is C16H16O2. The largest absolute Gasteiger partial charge is 0.493 e. The Hall–Kier alpha value is -1.70. The Kier molecular flexibility index (Phi) is 2.22. The Morgan fingerprint density at radius 1 is 0.722 bits per heavy atom. The molecule has 2 aliphatic rings. The first-order chi connectivity index (χ1) is 8.93. The molecule has 2 aromatic carbocycles. The molecule has 0 fully saturated rings. The summed E-state index contributed by atoms with van der Waals surface area (Å²) >= 11 is 0. The van der Waals surface area contributed by atoms with Gasteiger partial charge in [0.05, 0.1) is 13.2 Å². The van der Waals surface area contributed by atoms with Gasteiger partial charge in [-0.1, -0.05) is 12.1 Å². The second-order valence-corrected chi connectivity index (χ2v) is 5.09. The quantitative estimate of drug-likeness (QED) is 0.701. The Labute approximate surface area is 107 Å². The lowest BCUT2D eigenvalue weighted by atomic mass is 9.91. The standard InChI is InChI=1S/C16H16O2/c1-3-12-14(17-9-1)7-5-11-6-8-15-13(16(11)12)4-2-10-18-15/h5-8H,1-4,9-10H2. The Balaban J connectivity index is 2.06. The number of hydrogen-bond acceptors (Lipinski definition) is 2. The van der Waals surface area contributed by atoms with E-state index >= 15 is 0 Å². The predicted molar refractivity (Wildman–Crippen MR) is 71.6 cm³/mol. The molecule has 0 saturated heterocycles. The summed E-state index contributed by atoms with van der Waals surface area (Å²) in [6.45, 7) is 1.70. The van der Waals surface area contributed by atoms with Gasteiger partial charge in [0, 0.05) is 11.1 Å². The van der Waals surface area contributed by atoms with Crippen molar-refractivity contribution in [1.29, 1.82) is 0 Å². The van der Waals surface area contributed by atoms with E-state index in [0.717, 1.165) is 50.4 Å². The van der Waals surface area contributed by atoms with Crippen molar-refractivity contribution >= 4 is 10.8 Å². The van der Waals surface area contributed by atoms with Crippen LogP contribution in [0, 0.1) is 0 Å². The Bertz CT molecular complexity index is 565. The minimum absolute atomic E-state index is 0.851. The highest BCUT2D eigenvalue weighted by Crippen LogP contribution is 2.39. The average Bonchev–Trinajstić information content (AvgIpc) is 2.46. The molecule has 0 aliphatic carbocycles. The zero-order valence-corrected chi connectivity index (χ0v) is 10.4. The second kappa shape index (κ2) is 3.91. The summed E-state index contributed by atoms with van der Waals surface area (Å²) in [5, 5.41) is 2.72. The first kappa shape index (κ1) is 10.2. The normalized spacial score (nSPS) is 17.6. The number of aryl methyl sites for hydroxylation is 2. The van der Waals surface area contributed by atoms with Gasteiger partial charge < -0.3 is 9.47 Å². The molecule has 0 unspecified atom stereocenters. The van der Waals surface area contributed by atoms with E-state index < -0.39 is 0 Å². The molecule has 0 radical (unpaired) electrons. The molecule has 2 nitrogen and oxygen atoms in total. The number of hydrogen-bond donors (Lipinski definition) is 0. The Morgan fingerprint density at radius 3 is 1.83 bits per heavy atom. The molecule has 92 valence electrons. The lowest BCUT2D eigenvalue weighted by Crippen LogP contribution is -2.12. The van der Waals surface area contributed by atoms with Crippen LogP contribution in [0.2, 0.25) is 0 Å². The monoisotopic (exact) mass is 240 g/mol. The summed E-state index contributed by atoms with van der Waals surface area (Å²) in [5.74, 6) is 2.15. The first-order valence-electron chi connectivity index (χ1n) is 6.76. The molecule has 0 amide bonds. The highest BCUT2D eigenvalue weighted by atomic mass is 16.5. The maximum Gasteiger partial charge on any atom is 0.123 e. The van der Waals surface area contributed by atoms with E-state index in [4.69, 9.17) is 9.47 Å². The van der Waals surface area contributed by atoms with Crippen LogP contribution >= 0.6 is 0 Å². The van der Waals surface area contributed by atoms with Crippen LogP contribution in [-0.4, -0.2) is 13.2 Å². The van der Waals surface area contributed by atoms with E-state index in [1.807, 2.05) is 0 Å². The fourth-order valence-corrected chi connectivity index (χ4v) is 3.16. The zero-order valence-electron chi connectivity index (χ0n) is 10.4. The topological polar surface area (TPSA) is 18.5 Å². The number of benzene rings is 2. The SMILES string of the molecule is c1cc2ccc3c(c2c2c1OCCC2)CCCO3. The molecule has 2 aromatic rings. The fourth-order valence-electron chi connectivity index (χ4n) is 3.16. The molecule has 2 aliphatic heterocycles. The van der Waals surface area contributed by atoms with Crippen LogP contribution < -0.4 is 9.47 Å². The molecule has 0 saturated carbocycles. The maximum atomic E-state index is 5.78. The van der Waals surface area contributed by atoms with E-state index in [-0.39, 0.29) is 0 Å². The van der Waals surface area contributed by atoms with Gasteiger partial charge in [-0.3, -0.25) is 0 Å². The van der Waals surface area contributed by atoms with Crippen molar-refractivity contribution in [3.63, 3.8) is 0 Å². The summed E-state index contributed by atoms with van der Waals surface area (Å²) in [6.07, 6.45) is 4.50. The van der Waals surface area contributed by atoms with Crippen LogP contribution in [0.4, 0.5) is 0 Å². The zero-order chi connectivity index (χ0) is 11.9. The lowest BCUT2D eigenvalue weighted by molar-refractivity contribution is 0.286. The van der Waals surface area contributed by atoms with Crippen LogP contribution in [-0.2, 0) is 12.8 Å². The van der Waals surface area contributed by atoms with Crippen molar-refractivity contribution in [2.45, 2.75) is 25.7 Å². The molecule has 18 heavy (non-hydrogen) atoms. The second-order valence-electron chi connectivity index (χ2n) is 5.09. The minimum atomic E-state index is 0.851. The predicted octanol–water partition coefficient (Wildman–Crippen LogP) is 3.49. The third-order valence-electron chi connectivity index (χ3n) is 3.97. The van der Waals surface area contributed by atoms with Crippen molar-refractivity contribution in [2.24, 2.45) is 0 Å². The van der Waals surface area contributed by atoms with Crippen LogP contribution in [0.25, 0.3) is 10.8 Å². The molecule has 0 spiro atoms. The minimum Gasteiger partial charge on any atom is -0.493 e. The fraction of sp³-hybridized carbons (Fsp3) is 0.375. The van der Waals surface area contributed by atoms with Crippen LogP contribution in [0.5, 0.6) is 11.5 Å². The van der Waals surface area contributed by atoms with E-state index in [0.29, 0.717) is 0 Å². The molecule has 0 atom stereocenters. The molecular weight excluding hydrogens is 224 g/mol. The van der Waals surface area contributed by atoms with Gasteiger partial charge in [0.25, 0.3) is 0 Å². The summed E-state index contributed by atoms with van der Waals surface area (Å²) in [6, 6.07) is 8.59. The average molecular weight is 240 g/mol. The maximum absolute atomic E-state index is 5.78. The molecule has 0 N–H and O–H groups in total. The molecule has 0 aromatic heterocycles. The summed E-state index contributed by atoms with van der Waals surface area (Å²) < 4.78 is 11.6. The van der Waals surface area contributed by atoms with E-state index in [1.54, 1.807) is 0 Å². The van der Waals surface area contributed by atoms with Crippen molar-refractivity contribution in [1.82, 2.24) is 0 Å². The highest BCUT2D eigenvalue weighted by molar-refractivity contribution is 5.92. The van der Waals surface area contributed by atoms with E-state index in [1.165, 1.54) is 21.9 Å². The first-order valence-corrected chi connectivity index (χ1v) is 6.76.